The molecule has 0 aromatic carbocycles. The van der Waals surface area contributed by atoms with Crippen LogP contribution in [0.2, 0.25) is 5.02 Å². The van der Waals surface area contributed by atoms with E-state index in [1.807, 2.05) is 0 Å². The summed E-state index contributed by atoms with van der Waals surface area (Å²) < 4.78 is 42.2. The largest absolute Gasteiger partial charge is 0.471 e. The second-order valence-electron chi connectivity index (χ2n) is 5.16. The van der Waals surface area contributed by atoms with E-state index >= 15 is 0 Å². The van der Waals surface area contributed by atoms with E-state index in [-0.39, 0.29) is 23.4 Å². The second kappa shape index (κ2) is 6.32. The first-order valence-corrected chi connectivity index (χ1v) is 7.37. The molecule has 3 aromatic rings. The van der Waals surface area contributed by atoms with Crippen molar-refractivity contribution in [3.63, 3.8) is 0 Å². The monoisotopic (exact) mass is 370 g/mol. The SMILES string of the molecule is Cc1c(Cl)ccnc1Cc1c(-c2noc(C(F)(F)F)n2)cc[nH]c1=O. The number of rotatable bonds is 3. The molecule has 3 aromatic heterocycles. The summed E-state index contributed by atoms with van der Waals surface area (Å²) in [5, 5.41) is 3.80. The van der Waals surface area contributed by atoms with Crippen LogP contribution in [0, 0.1) is 6.92 Å². The number of aromatic nitrogens is 4. The Bertz CT molecular complexity index is 981. The van der Waals surface area contributed by atoms with Gasteiger partial charge in [-0.25, -0.2) is 0 Å². The highest BCUT2D eigenvalue weighted by Gasteiger charge is 2.38. The number of nitrogens with one attached hydrogen (secondary N) is 1. The quantitative estimate of drug-likeness (QED) is 0.764. The summed E-state index contributed by atoms with van der Waals surface area (Å²) >= 11 is 6.04. The van der Waals surface area contributed by atoms with Crippen LogP contribution in [0.15, 0.2) is 33.8 Å². The zero-order valence-electron chi connectivity index (χ0n) is 12.7. The maximum Gasteiger partial charge on any atom is 0.471 e. The molecule has 0 saturated heterocycles. The molecule has 25 heavy (non-hydrogen) atoms. The normalized spacial score (nSPS) is 11.7. The number of aromatic amines is 1. The van der Waals surface area contributed by atoms with Crippen molar-refractivity contribution < 1.29 is 17.7 Å². The Labute approximate surface area is 143 Å². The fraction of sp³-hybridized carbons (Fsp3) is 0.200. The number of hydrogen-bond acceptors (Lipinski definition) is 5. The van der Waals surface area contributed by atoms with Gasteiger partial charge < -0.3 is 9.51 Å². The van der Waals surface area contributed by atoms with Crippen LogP contribution in [0.3, 0.4) is 0 Å². The van der Waals surface area contributed by atoms with Crippen molar-refractivity contribution in [1.29, 1.82) is 0 Å². The highest BCUT2D eigenvalue weighted by molar-refractivity contribution is 6.31. The molecule has 10 heteroatoms. The van der Waals surface area contributed by atoms with Crippen LogP contribution in [0.1, 0.15) is 22.7 Å². The molecule has 0 spiro atoms. The number of nitrogens with zero attached hydrogens (tertiary/aromatic N) is 3. The lowest BCUT2D eigenvalue weighted by Crippen LogP contribution is -2.15. The first-order valence-electron chi connectivity index (χ1n) is 6.99. The average molecular weight is 371 g/mol. The van der Waals surface area contributed by atoms with Crippen molar-refractivity contribution in [2.45, 2.75) is 19.5 Å². The van der Waals surface area contributed by atoms with Gasteiger partial charge in [-0.15, -0.1) is 0 Å². The van der Waals surface area contributed by atoms with Gasteiger partial charge in [0.15, 0.2) is 0 Å². The second-order valence-corrected chi connectivity index (χ2v) is 5.57. The van der Waals surface area contributed by atoms with Crippen molar-refractivity contribution in [2.75, 3.05) is 0 Å². The van der Waals surface area contributed by atoms with E-state index in [0.717, 1.165) is 0 Å². The van der Waals surface area contributed by atoms with Crippen molar-refractivity contribution in [3.8, 4) is 11.4 Å². The summed E-state index contributed by atoms with van der Waals surface area (Å²) in [5.41, 5.74) is 0.989. The minimum Gasteiger partial charge on any atom is -0.329 e. The van der Waals surface area contributed by atoms with Crippen LogP contribution in [0.25, 0.3) is 11.4 Å². The lowest BCUT2D eigenvalue weighted by Gasteiger charge is -2.08. The molecule has 0 aliphatic heterocycles. The predicted molar refractivity (Wildman–Crippen MR) is 82.1 cm³/mol. The van der Waals surface area contributed by atoms with Gasteiger partial charge in [0, 0.05) is 40.7 Å². The number of hydrogen-bond donors (Lipinski definition) is 1. The Morgan fingerprint density at radius 3 is 2.76 bits per heavy atom. The molecule has 6 nitrogen and oxygen atoms in total. The maximum atomic E-state index is 12.7. The smallest absolute Gasteiger partial charge is 0.329 e. The van der Waals surface area contributed by atoms with Gasteiger partial charge in [0.2, 0.25) is 5.82 Å². The van der Waals surface area contributed by atoms with E-state index in [4.69, 9.17) is 11.6 Å². The summed E-state index contributed by atoms with van der Waals surface area (Å²) in [5.74, 6) is -1.81. The van der Waals surface area contributed by atoms with E-state index in [1.54, 1.807) is 13.0 Å². The molecule has 3 heterocycles. The molecule has 0 amide bonds. The van der Waals surface area contributed by atoms with Gasteiger partial charge in [-0.2, -0.15) is 18.2 Å². The van der Waals surface area contributed by atoms with E-state index in [9.17, 15) is 18.0 Å². The van der Waals surface area contributed by atoms with Crippen LogP contribution >= 0.6 is 11.6 Å². The third-order valence-corrected chi connectivity index (χ3v) is 3.97. The number of alkyl halides is 3. The predicted octanol–water partition coefficient (Wildman–Crippen LogP) is 3.39. The molecule has 3 rings (SSSR count). The van der Waals surface area contributed by atoms with Crippen LogP contribution in [0.5, 0.6) is 0 Å². The molecule has 0 saturated carbocycles. The Balaban J connectivity index is 2.08. The summed E-state index contributed by atoms with van der Waals surface area (Å²) in [4.78, 5) is 22.2. The third kappa shape index (κ3) is 3.41. The van der Waals surface area contributed by atoms with Gasteiger partial charge in [-0.05, 0) is 24.6 Å². The first kappa shape index (κ1) is 17.2. The standard InChI is InChI=1S/C15H10ClF3N4O2/c1-7-10(16)3-5-20-11(7)6-9-8(2-4-21-13(9)24)12-22-14(25-23-12)15(17,18)19/h2-5H,6H2,1H3,(H,21,24). The molecule has 1 N–H and O–H groups in total. The van der Waals surface area contributed by atoms with E-state index < -0.39 is 17.6 Å². The third-order valence-electron chi connectivity index (χ3n) is 3.56. The molecular formula is C15H10ClF3N4O2. The number of halogens is 4. The Kier molecular flexibility index (Phi) is 4.34. The lowest BCUT2D eigenvalue weighted by atomic mass is 10.0. The Morgan fingerprint density at radius 1 is 1.32 bits per heavy atom. The fourth-order valence-electron chi connectivity index (χ4n) is 2.24. The molecule has 0 radical (unpaired) electrons. The molecule has 0 aliphatic rings. The van der Waals surface area contributed by atoms with E-state index in [0.29, 0.717) is 16.3 Å². The zero-order chi connectivity index (χ0) is 18.2. The van der Waals surface area contributed by atoms with Crippen molar-refractivity contribution >= 4 is 11.6 Å². The van der Waals surface area contributed by atoms with Crippen molar-refractivity contribution in [3.05, 3.63) is 62.6 Å². The highest BCUT2D eigenvalue weighted by Crippen LogP contribution is 2.30. The lowest BCUT2D eigenvalue weighted by molar-refractivity contribution is -0.159. The zero-order valence-corrected chi connectivity index (χ0v) is 13.4. The number of H-pyrrole nitrogens is 1. The molecule has 130 valence electrons. The first-order chi connectivity index (χ1) is 11.8. The van der Waals surface area contributed by atoms with Crippen LogP contribution < -0.4 is 5.56 Å². The number of pyridine rings is 2. The minimum atomic E-state index is -4.77. The summed E-state index contributed by atoms with van der Waals surface area (Å²) in [7, 11) is 0. The summed E-state index contributed by atoms with van der Waals surface area (Å²) in [6.45, 7) is 1.73. The van der Waals surface area contributed by atoms with E-state index in [2.05, 4.69) is 24.6 Å². The summed E-state index contributed by atoms with van der Waals surface area (Å²) in [6.07, 6.45) is -1.94. The van der Waals surface area contributed by atoms with Gasteiger partial charge in [0.05, 0.1) is 0 Å². The molecule has 0 fully saturated rings. The molecule has 0 atom stereocenters. The minimum absolute atomic E-state index is 0.0494. The van der Waals surface area contributed by atoms with Gasteiger partial charge in [0.25, 0.3) is 5.56 Å². The van der Waals surface area contributed by atoms with Crippen LogP contribution in [-0.4, -0.2) is 20.1 Å². The highest BCUT2D eigenvalue weighted by atomic mass is 35.5. The Hall–Kier alpha value is -2.68. The molecular weight excluding hydrogens is 361 g/mol. The molecule has 0 unspecified atom stereocenters. The topological polar surface area (TPSA) is 84.7 Å². The Morgan fingerprint density at radius 2 is 2.08 bits per heavy atom. The molecule has 0 aliphatic carbocycles. The van der Waals surface area contributed by atoms with Gasteiger partial charge >= 0.3 is 12.1 Å². The fourth-order valence-corrected chi connectivity index (χ4v) is 2.41. The van der Waals surface area contributed by atoms with E-state index in [1.165, 1.54) is 18.5 Å². The van der Waals surface area contributed by atoms with Gasteiger partial charge in [-0.1, -0.05) is 16.8 Å². The van der Waals surface area contributed by atoms with Crippen LogP contribution in [-0.2, 0) is 12.6 Å². The summed E-state index contributed by atoms with van der Waals surface area (Å²) in [6, 6.07) is 3.01. The van der Waals surface area contributed by atoms with Crippen LogP contribution in [0.4, 0.5) is 13.2 Å². The van der Waals surface area contributed by atoms with Crippen molar-refractivity contribution in [2.24, 2.45) is 0 Å². The maximum absolute atomic E-state index is 12.7. The molecule has 0 bridgehead atoms. The average Bonchev–Trinajstić information content (AvgIpc) is 3.03. The van der Waals surface area contributed by atoms with Crippen molar-refractivity contribution in [1.82, 2.24) is 20.1 Å². The van der Waals surface area contributed by atoms with Gasteiger partial charge in [0.1, 0.15) is 0 Å². The van der Waals surface area contributed by atoms with Gasteiger partial charge in [-0.3, -0.25) is 9.78 Å².